The van der Waals surface area contributed by atoms with Crippen LogP contribution >= 0.6 is 0 Å². The fourth-order valence-electron chi connectivity index (χ4n) is 2.29. The van der Waals surface area contributed by atoms with Crippen molar-refractivity contribution in [2.45, 2.75) is 0 Å². The van der Waals surface area contributed by atoms with Crippen LogP contribution in [0.3, 0.4) is 0 Å². The van der Waals surface area contributed by atoms with E-state index in [9.17, 15) is 9.90 Å². The number of hydrogen-bond donors (Lipinski definition) is 1. The van der Waals surface area contributed by atoms with Crippen molar-refractivity contribution in [3.8, 4) is 28.6 Å². The molecule has 0 spiro atoms. The molecule has 0 aliphatic heterocycles. The molecule has 0 aliphatic rings. The molecule has 6 heteroatoms. The van der Waals surface area contributed by atoms with Crippen molar-refractivity contribution in [2.75, 3.05) is 0 Å². The maximum atomic E-state index is 12.1. The normalized spacial score (nSPS) is 11.0. The minimum atomic E-state index is -0.605. The Morgan fingerprint density at radius 2 is 1.83 bits per heavy atom. The summed E-state index contributed by atoms with van der Waals surface area (Å²) in [5.74, 6) is 0.510. The molecule has 0 fully saturated rings. The van der Waals surface area contributed by atoms with Gasteiger partial charge in [0.05, 0.1) is 0 Å². The highest BCUT2D eigenvalue weighted by molar-refractivity contribution is 5.81. The lowest BCUT2D eigenvalue weighted by molar-refractivity contribution is 0.429. The van der Waals surface area contributed by atoms with Crippen molar-refractivity contribution in [3.63, 3.8) is 0 Å². The summed E-state index contributed by atoms with van der Waals surface area (Å²) in [6.45, 7) is 0. The van der Waals surface area contributed by atoms with Gasteiger partial charge in [-0.1, -0.05) is 35.5 Å². The van der Waals surface area contributed by atoms with E-state index < -0.39 is 5.63 Å². The van der Waals surface area contributed by atoms with Gasteiger partial charge in [-0.15, -0.1) is 0 Å². The van der Waals surface area contributed by atoms with E-state index in [1.54, 1.807) is 12.1 Å². The minimum absolute atomic E-state index is 0.0255. The summed E-state index contributed by atoms with van der Waals surface area (Å²) in [6, 6.07) is 15.4. The number of nitrogens with zero attached hydrogens (tertiary/aromatic N) is 2. The van der Waals surface area contributed by atoms with Crippen molar-refractivity contribution in [2.24, 2.45) is 0 Å². The Labute approximate surface area is 129 Å². The smallest absolute Gasteiger partial charge is 0.349 e. The zero-order valence-corrected chi connectivity index (χ0v) is 11.8. The summed E-state index contributed by atoms with van der Waals surface area (Å²) >= 11 is 0. The Hall–Kier alpha value is -3.41. The van der Waals surface area contributed by atoms with E-state index in [0.29, 0.717) is 16.8 Å². The van der Waals surface area contributed by atoms with Crippen LogP contribution in [0.15, 0.2) is 68.3 Å². The van der Waals surface area contributed by atoms with Crippen LogP contribution in [0.25, 0.3) is 33.8 Å². The topological polar surface area (TPSA) is 89.4 Å². The minimum Gasteiger partial charge on any atom is -0.508 e. The van der Waals surface area contributed by atoms with E-state index in [1.165, 1.54) is 12.1 Å². The zero-order chi connectivity index (χ0) is 15.8. The Balaban J connectivity index is 1.83. The maximum Gasteiger partial charge on any atom is 0.349 e. The van der Waals surface area contributed by atoms with Crippen LogP contribution in [0, 0.1) is 0 Å². The maximum absolute atomic E-state index is 12.1. The van der Waals surface area contributed by atoms with Gasteiger partial charge < -0.3 is 14.0 Å². The van der Waals surface area contributed by atoms with Gasteiger partial charge in [0, 0.05) is 17.0 Å². The van der Waals surface area contributed by atoms with Crippen LogP contribution in [-0.2, 0) is 0 Å². The lowest BCUT2D eigenvalue weighted by Crippen LogP contribution is -2.02. The second-order valence-electron chi connectivity index (χ2n) is 4.96. The Morgan fingerprint density at radius 1 is 1.00 bits per heavy atom. The van der Waals surface area contributed by atoms with Crippen LogP contribution in [0.2, 0.25) is 0 Å². The molecule has 23 heavy (non-hydrogen) atoms. The molecule has 4 aromatic rings. The number of phenols is 1. The van der Waals surface area contributed by atoms with Crippen molar-refractivity contribution in [1.29, 1.82) is 0 Å². The van der Waals surface area contributed by atoms with Crippen molar-refractivity contribution in [3.05, 3.63) is 65.0 Å². The Morgan fingerprint density at radius 3 is 2.65 bits per heavy atom. The average Bonchev–Trinajstić information content (AvgIpc) is 3.05. The molecule has 0 saturated heterocycles. The van der Waals surface area contributed by atoms with Crippen LogP contribution < -0.4 is 5.63 Å². The summed E-state index contributed by atoms with van der Waals surface area (Å²) in [5.41, 5.74) is 0.656. The van der Waals surface area contributed by atoms with E-state index in [4.69, 9.17) is 8.94 Å². The molecular formula is C17H10N2O4. The van der Waals surface area contributed by atoms with Gasteiger partial charge in [-0.05, 0) is 18.2 Å². The highest BCUT2D eigenvalue weighted by Gasteiger charge is 2.16. The first-order valence-electron chi connectivity index (χ1n) is 6.87. The third kappa shape index (κ3) is 2.36. The van der Waals surface area contributed by atoms with Crippen LogP contribution in [0.5, 0.6) is 5.75 Å². The number of benzene rings is 2. The Bertz CT molecular complexity index is 1050. The predicted octanol–water partition coefficient (Wildman–Crippen LogP) is 3.22. The lowest BCUT2D eigenvalue weighted by Gasteiger charge is -1.99. The van der Waals surface area contributed by atoms with Crippen molar-refractivity contribution < 1.29 is 14.0 Å². The standard InChI is InChI=1S/C17H10N2O4/c20-12-7-6-11-8-13(17(21)22-14(11)9-12)16-18-15(19-23-16)10-4-2-1-3-5-10/h1-9,20H. The first kappa shape index (κ1) is 13.3. The highest BCUT2D eigenvalue weighted by Crippen LogP contribution is 2.24. The van der Waals surface area contributed by atoms with Crippen LogP contribution in [0.4, 0.5) is 0 Å². The highest BCUT2D eigenvalue weighted by atomic mass is 16.5. The fraction of sp³-hybridized carbons (Fsp3) is 0. The molecule has 0 saturated carbocycles. The summed E-state index contributed by atoms with van der Waals surface area (Å²) in [4.78, 5) is 16.4. The third-order valence-electron chi connectivity index (χ3n) is 3.41. The first-order chi connectivity index (χ1) is 11.2. The lowest BCUT2D eigenvalue weighted by atomic mass is 10.2. The molecule has 0 unspecified atom stereocenters. The molecule has 6 nitrogen and oxygen atoms in total. The van der Waals surface area contributed by atoms with Gasteiger partial charge in [0.2, 0.25) is 5.82 Å². The van der Waals surface area contributed by atoms with Crippen LogP contribution in [0.1, 0.15) is 0 Å². The molecule has 2 aromatic heterocycles. The van der Waals surface area contributed by atoms with Crippen LogP contribution in [-0.4, -0.2) is 15.2 Å². The van der Waals surface area contributed by atoms with E-state index in [1.807, 2.05) is 30.3 Å². The van der Waals surface area contributed by atoms with Gasteiger partial charge in [-0.2, -0.15) is 4.98 Å². The molecule has 0 atom stereocenters. The SMILES string of the molecule is O=c1oc2cc(O)ccc2cc1-c1nc(-c2ccccc2)no1. The molecule has 1 N–H and O–H groups in total. The molecule has 112 valence electrons. The number of aromatic nitrogens is 2. The molecule has 2 heterocycles. The van der Waals surface area contributed by atoms with E-state index >= 15 is 0 Å². The molecule has 4 rings (SSSR count). The first-order valence-corrected chi connectivity index (χ1v) is 6.87. The monoisotopic (exact) mass is 306 g/mol. The summed E-state index contributed by atoms with van der Waals surface area (Å²) < 4.78 is 10.4. The third-order valence-corrected chi connectivity index (χ3v) is 3.41. The summed E-state index contributed by atoms with van der Waals surface area (Å²) in [7, 11) is 0. The number of aromatic hydroxyl groups is 1. The van der Waals surface area contributed by atoms with E-state index in [2.05, 4.69) is 10.1 Å². The van der Waals surface area contributed by atoms with Crippen molar-refractivity contribution >= 4 is 11.0 Å². The van der Waals surface area contributed by atoms with Gasteiger partial charge in [0.1, 0.15) is 16.9 Å². The summed E-state index contributed by atoms with van der Waals surface area (Å²) in [6.07, 6.45) is 0. The molecule has 0 bridgehead atoms. The molecule has 2 aromatic carbocycles. The molecule has 0 aliphatic carbocycles. The van der Waals surface area contributed by atoms with Gasteiger partial charge >= 0.3 is 5.63 Å². The number of rotatable bonds is 2. The second kappa shape index (κ2) is 5.10. The predicted molar refractivity (Wildman–Crippen MR) is 82.9 cm³/mol. The average molecular weight is 306 g/mol. The van der Waals surface area contributed by atoms with E-state index in [0.717, 1.165) is 5.56 Å². The van der Waals surface area contributed by atoms with Crippen molar-refractivity contribution in [1.82, 2.24) is 10.1 Å². The Kier molecular flexibility index (Phi) is 2.94. The van der Waals surface area contributed by atoms with Gasteiger partial charge in [0.15, 0.2) is 0 Å². The number of hydrogen-bond acceptors (Lipinski definition) is 6. The largest absolute Gasteiger partial charge is 0.508 e. The quantitative estimate of drug-likeness (QED) is 0.572. The van der Waals surface area contributed by atoms with Gasteiger partial charge in [-0.3, -0.25) is 0 Å². The molecule has 0 radical (unpaired) electrons. The second-order valence-corrected chi connectivity index (χ2v) is 4.96. The molecular weight excluding hydrogens is 296 g/mol. The van der Waals surface area contributed by atoms with E-state index in [-0.39, 0.29) is 17.2 Å². The number of phenolic OH excluding ortho intramolecular Hbond substituents is 1. The summed E-state index contributed by atoms with van der Waals surface area (Å²) in [5, 5.41) is 14.0. The number of fused-ring (bicyclic) bond motifs is 1. The molecule has 0 amide bonds. The fourth-order valence-corrected chi connectivity index (χ4v) is 2.29. The van der Waals surface area contributed by atoms with Gasteiger partial charge in [-0.25, -0.2) is 4.79 Å². The zero-order valence-electron chi connectivity index (χ0n) is 11.8. The van der Waals surface area contributed by atoms with Gasteiger partial charge in [0.25, 0.3) is 5.89 Å².